The lowest BCUT2D eigenvalue weighted by Gasteiger charge is -2.20. The largest absolute Gasteiger partial charge is 0.396 e. The van der Waals surface area contributed by atoms with Gasteiger partial charge in [-0.05, 0) is 61.9 Å². The molecule has 1 atom stereocenters. The van der Waals surface area contributed by atoms with Crippen molar-refractivity contribution in [3.8, 4) is 0 Å². The number of aryl methyl sites for hydroxylation is 2. The first-order chi connectivity index (χ1) is 6.99. The lowest BCUT2D eigenvalue weighted by atomic mass is 9.89. The van der Waals surface area contributed by atoms with Gasteiger partial charge >= 0.3 is 0 Å². The minimum Gasteiger partial charge on any atom is -0.396 e. The molecule has 0 aliphatic carbocycles. The van der Waals surface area contributed by atoms with Gasteiger partial charge in [-0.1, -0.05) is 6.07 Å². The van der Waals surface area contributed by atoms with Gasteiger partial charge in [0.2, 0.25) is 0 Å². The average Bonchev–Trinajstić information content (AvgIpc) is 2.16. The van der Waals surface area contributed by atoms with Gasteiger partial charge in [-0.3, -0.25) is 0 Å². The van der Waals surface area contributed by atoms with E-state index in [1.165, 1.54) is 27.8 Å². The quantitative estimate of drug-likeness (QED) is 0.799. The van der Waals surface area contributed by atoms with E-state index >= 15 is 0 Å². The van der Waals surface area contributed by atoms with E-state index < -0.39 is 0 Å². The molecule has 1 rings (SSSR count). The van der Waals surface area contributed by atoms with Crippen LogP contribution in [0.2, 0.25) is 0 Å². The van der Waals surface area contributed by atoms with Crippen LogP contribution in [0.4, 0.5) is 0 Å². The fourth-order valence-corrected chi connectivity index (χ4v) is 2.09. The molecule has 1 aromatic rings. The second-order valence-electron chi connectivity index (χ2n) is 4.29. The van der Waals surface area contributed by atoms with Crippen LogP contribution in [-0.4, -0.2) is 11.7 Å². The van der Waals surface area contributed by atoms with Crippen molar-refractivity contribution in [2.24, 2.45) is 5.73 Å². The molecule has 1 aromatic carbocycles. The maximum absolute atomic E-state index is 8.94. The number of aliphatic hydroxyl groups is 1. The standard InChI is InChI=1S/C13H21NO/c1-8-7-9(2)11(4)13(10(8)3)12(14)5-6-15/h7,12,15H,5-6,14H2,1-4H3. The number of benzene rings is 1. The Bertz CT molecular complexity index is 332. The Morgan fingerprint density at radius 2 is 1.60 bits per heavy atom. The van der Waals surface area contributed by atoms with Crippen molar-refractivity contribution in [3.63, 3.8) is 0 Å². The molecule has 0 aromatic heterocycles. The second-order valence-corrected chi connectivity index (χ2v) is 4.29. The Morgan fingerprint density at radius 1 is 1.13 bits per heavy atom. The van der Waals surface area contributed by atoms with E-state index in [2.05, 4.69) is 33.8 Å². The third-order valence-electron chi connectivity index (χ3n) is 3.23. The first kappa shape index (κ1) is 12.2. The van der Waals surface area contributed by atoms with Crippen LogP contribution in [0.5, 0.6) is 0 Å². The molecule has 1 unspecified atom stereocenters. The number of aliphatic hydroxyl groups excluding tert-OH is 1. The molecule has 2 heteroatoms. The van der Waals surface area contributed by atoms with E-state index in [9.17, 15) is 0 Å². The molecule has 0 aliphatic heterocycles. The Balaban J connectivity index is 3.26. The van der Waals surface area contributed by atoms with E-state index in [4.69, 9.17) is 10.8 Å². The van der Waals surface area contributed by atoms with Crippen LogP contribution in [-0.2, 0) is 0 Å². The summed E-state index contributed by atoms with van der Waals surface area (Å²) < 4.78 is 0. The molecule has 0 saturated heterocycles. The topological polar surface area (TPSA) is 46.2 Å². The summed E-state index contributed by atoms with van der Waals surface area (Å²) in [5.41, 5.74) is 12.4. The lowest BCUT2D eigenvalue weighted by molar-refractivity contribution is 0.276. The Hall–Kier alpha value is -0.860. The highest BCUT2D eigenvalue weighted by atomic mass is 16.3. The molecule has 0 fully saturated rings. The van der Waals surface area contributed by atoms with Crippen LogP contribution in [0.3, 0.4) is 0 Å². The van der Waals surface area contributed by atoms with E-state index in [1.807, 2.05) is 0 Å². The minimum atomic E-state index is -0.0476. The summed E-state index contributed by atoms with van der Waals surface area (Å²) in [5, 5.41) is 8.94. The van der Waals surface area contributed by atoms with Gasteiger partial charge < -0.3 is 10.8 Å². The molecule has 0 heterocycles. The summed E-state index contributed by atoms with van der Waals surface area (Å²) in [6, 6.07) is 2.15. The molecule has 3 N–H and O–H groups in total. The summed E-state index contributed by atoms with van der Waals surface area (Å²) in [4.78, 5) is 0. The maximum atomic E-state index is 8.94. The highest BCUT2D eigenvalue weighted by molar-refractivity contribution is 5.45. The van der Waals surface area contributed by atoms with Gasteiger partial charge in [0.05, 0.1) is 0 Å². The molecular weight excluding hydrogens is 186 g/mol. The normalized spacial score (nSPS) is 12.9. The summed E-state index contributed by atoms with van der Waals surface area (Å²) in [5.74, 6) is 0. The molecule has 0 radical (unpaired) electrons. The minimum absolute atomic E-state index is 0.0476. The van der Waals surface area contributed by atoms with Crippen LogP contribution in [0.1, 0.15) is 40.3 Å². The first-order valence-corrected chi connectivity index (χ1v) is 5.42. The summed E-state index contributed by atoms with van der Waals surface area (Å²) in [6.07, 6.45) is 0.630. The van der Waals surface area contributed by atoms with Crippen LogP contribution in [0.15, 0.2) is 6.07 Å². The summed E-state index contributed by atoms with van der Waals surface area (Å²) in [6.45, 7) is 8.57. The van der Waals surface area contributed by atoms with E-state index in [0.717, 1.165) is 0 Å². The highest BCUT2D eigenvalue weighted by Gasteiger charge is 2.14. The fraction of sp³-hybridized carbons (Fsp3) is 0.538. The van der Waals surface area contributed by atoms with Crippen LogP contribution in [0, 0.1) is 27.7 Å². The third-order valence-corrected chi connectivity index (χ3v) is 3.23. The molecule has 0 amide bonds. The van der Waals surface area contributed by atoms with E-state index in [-0.39, 0.29) is 12.6 Å². The zero-order valence-corrected chi connectivity index (χ0v) is 10.1. The molecular formula is C13H21NO. The van der Waals surface area contributed by atoms with Crippen molar-refractivity contribution < 1.29 is 5.11 Å². The molecule has 2 nitrogen and oxygen atoms in total. The van der Waals surface area contributed by atoms with Gasteiger partial charge in [0.1, 0.15) is 0 Å². The van der Waals surface area contributed by atoms with Gasteiger partial charge in [-0.2, -0.15) is 0 Å². The zero-order chi connectivity index (χ0) is 11.6. The van der Waals surface area contributed by atoms with Crippen molar-refractivity contribution in [1.82, 2.24) is 0 Å². The van der Waals surface area contributed by atoms with Gasteiger partial charge in [0.15, 0.2) is 0 Å². The first-order valence-electron chi connectivity index (χ1n) is 5.42. The number of rotatable bonds is 3. The average molecular weight is 207 g/mol. The molecule has 0 spiro atoms. The van der Waals surface area contributed by atoms with Crippen LogP contribution in [0.25, 0.3) is 0 Å². The van der Waals surface area contributed by atoms with Crippen molar-refractivity contribution in [1.29, 1.82) is 0 Å². The monoisotopic (exact) mass is 207 g/mol. The number of hydrogen-bond donors (Lipinski definition) is 2. The van der Waals surface area contributed by atoms with Gasteiger partial charge in [-0.15, -0.1) is 0 Å². The smallest absolute Gasteiger partial charge is 0.0449 e. The van der Waals surface area contributed by atoms with Gasteiger partial charge in [0, 0.05) is 12.6 Å². The maximum Gasteiger partial charge on any atom is 0.0449 e. The van der Waals surface area contributed by atoms with Crippen LogP contribution >= 0.6 is 0 Å². The Kier molecular flexibility index (Phi) is 3.89. The summed E-state index contributed by atoms with van der Waals surface area (Å²) >= 11 is 0. The predicted molar refractivity (Wildman–Crippen MR) is 64.0 cm³/mol. The highest BCUT2D eigenvalue weighted by Crippen LogP contribution is 2.27. The fourth-order valence-electron chi connectivity index (χ4n) is 2.09. The molecule has 0 aliphatic rings. The summed E-state index contributed by atoms with van der Waals surface area (Å²) in [7, 11) is 0. The van der Waals surface area contributed by atoms with Gasteiger partial charge in [-0.25, -0.2) is 0 Å². The predicted octanol–water partition coefficient (Wildman–Crippen LogP) is 2.30. The SMILES string of the molecule is Cc1cc(C)c(C)c(C(N)CCO)c1C. The second kappa shape index (κ2) is 4.77. The molecule has 15 heavy (non-hydrogen) atoms. The molecule has 0 bridgehead atoms. The van der Waals surface area contributed by atoms with Crippen molar-refractivity contribution in [3.05, 3.63) is 33.9 Å². The number of nitrogens with two attached hydrogens (primary N) is 1. The van der Waals surface area contributed by atoms with E-state index in [1.54, 1.807) is 0 Å². The third kappa shape index (κ3) is 2.39. The molecule has 0 saturated carbocycles. The number of hydrogen-bond acceptors (Lipinski definition) is 2. The Labute approximate surface area is 92.1 Å². The Morgan fingerprint density at radius 3 is 2.00 bits per heavy atom. The zero-order valence-electron chi connectivity index (χ0n) is 10.1. The van der Waals surface area contributed by atoms with Gasteiger partial charge in [0.25, 0.3) is 0 Å². The lowest BCUT2D eigenvalue weighted by Crippen LogP contribution is -2.16. The van der Waals surface area contributed by atoms with Crippen LogP contribution < -0.4 is 5.73 Å². The van der Waals surface area contributed by atoms with Crippen molar-refractivity contribution >= 4 is 0 Å². The molecule has 84 valence electrons. The van der Waals surface area contributed by atoms with E-state index in [0.29, 0.717) is 6.42 Å². The van der Waals surface area contributed by atoms with Crippen molar-refractivity contribution in [2.45, 2.75) is 40.2 Å². The van der Waals surface area contributed by atoms with Crippen molar-refractivity contribution in [2.75, 3.05) is 6.61 Å².